The standard InChI is InChI=1S/C20H27N5O2.HI/c1-3-22-20(23-11-16-4-5-18-19(10-16)27-14-26-18)24-8-6-15(2)17(12-24)25-9-7-21-13-25;/h4-5,7,9-10,13,15,17H,3,6,8,11-12,14H2,1-2H3,(H,22,23);1H. The number of rotatable bonds is 4. The summed E-state index contributed by atoms with van der Waals surface area (Å²) in [7, 11) is 0. The van der Waals surface area contributed by atoms with Crippen LogP contribution in [0.5, 0.6) is 11.5 Å². The predicted octanol–water partition coefficient (Wildman–Crippen LogP) is 3.28. The average molecular weight is 497 g/mol. The molecule has 0 radical (unpaired) electrons. The van der Waals surface area contributed by atoms with Gasteiger partial charge in [0.25, 0.3) is 0 Å². The molecule has 3 heterocycles. The Hall–Kier alpha value is -1.97. The first-order valence-corrected chi connectivity index (χ1v) is 9.64. The molecule has 8 heteroatoms. The van der Waals surface area contributed by atoms with Crippen molar-refractivity contribution in [3.05, 3.63) is 42.5 Å². The molecule has 0 spiro atoms. The summed E-state index contributed by atoms with van der Waals surface area (Å²) in [6.07, 6.45) is 6.96. The summed E-state index contributed by atoms with van der Waals surface area (Å²) in [6, 6.07) is 6.43. The molecule has 0 amide bonds. The third kappa shape index (κ3) is 4.53. The SMILES string of the molecule is CCNC(=NCc1ccc2c(c1)OCO2)N1CCC(C)C(n2ccnc2)C1.I. The van der Waals surface area contributed by atoms with Gasteiger partial charge in [-0.1, -0.05) is 13.0 Å². The number of ether oxygens (including phenoxy) is 2. The third-order valence-electron chi connectivity index (χ3n) is 5.31. The molecule has 1 N–H and O–H groups in total. The number of hydrogen-bond donors (Lipinski definition) is 1. The van der Waals surface area contributed by atoms with E-state index in [0.717, 1.165) is 49.1 Å². The molecule has 152 valence electrons. The molecule has 2 aliphatic rings. The molecule has 2 aromatic rings. The molecule has 2 aliphatic heterocycles. The summed E-state index contributed by atoms with van der Waals surface area (Å²) >= 11 is 0. The van der Waals surface area contributed by atoms with Crippen molar-refractivity contribution in [2.24, 2.45) is 10.9 Å². The molecule has 1 aromatic carbocycles. The molecule has 0 bridgehead atoms. The first-order chi connectivity index (χ1) is 13.2. The van der Waals surface area contributed by atoms with Crippen molar-refractivity contribution in [1.29, 1.82) is 0 Å². The van der Waals surface area contributed by atoms with Crippen LogP contribution >= 0.6 is 24.0 Å². The van der Waals surface area contributed by atoms with Gasteiger partial charge in [-0.05, 0) is 37.0 Å². The zero-order valence-corrected chi connectivity index (χ0v) is 18.7. The molecule has 2 unspecified atom stereocenters. The lowest BCUT2D eigenvalue weighted by Crippen LogP contribution is -2.49. The first kappa shape index (κ1) is 20.8. The van der Waals surface area contributed by atoms with E-state index in [1.54, 1.807) is 0 Å². The molecular weight excluding hydrogens is 469 g/mol. The minimum absolute atomic E-state index is 0. The van der Waals surface area contributed by atoms with Crippen LogP contribution < -0.4 is 14.8 Å². The lowest BCUT2D eigenvalue weighted by atomic mass is 9.93. The predicted molar refractivity (Wildman–Crippen MR) is 119 cm³/mol. The Balaban J connectivity index is 0.00000225. The quantitative estimate of drug-likeness (QED) is 0.399. The number of aliphatic imine (C=N–C) groups is 1. The summed E-state index contributed by atoms with van der Waals surface area (Å²) in [5, 5.41) is 3.45. The van der Waals surface area contributed by atoms with Gasteiger partial charge in [0.2, 0.25) is 6.79 Å². The lowest BCUT2D eigenvalue weighted by Gasteiger charge is -2.39. The van der Waals surface area contributed by atoms with Crippen LogP contribution in [0.15, 0.2) is 41.9 Å². The fourth-order valence-electron chi connectivity index (χ4n) is 3.73. The van der Waals surface area contributed by atoms with Crippen molar-refractivity contribution >= 4 is 29.9 Å². The van der Waals surface area contributed by atoms with Crippen LogP contribution in [-0.4, -0.2) is 46.8 Å². The summed E-state index contributed by atoms with van der Waals surface area (Å²) in [5.41, 5.74) is 1.12. The smallest absolute Gasteiger partial charge is 0.231 e. The lowest BCUT2D eigenvalue weighted by molar-refractivity contribution is 0.174. The summed E-state index contributed by atoms with van der Waals surface area (Å²) in [5.74, 6) is 3.20. The minimum Gasteiger partial charge on any atom is -0.454 e. The van der Waals surface area contributed by atoms with Gasteiger partial charge >= 0.3 is 0 Å². The third-order valence-corrected chi connectivity index (χ3v) is 5.31. The monoisotopic (exact) mass is 497 g/mol. The highest BCUT2D eigenvalue weighted by Gasteiger charge is 2.28. The fraction of sp³-hybridized carbons (Fsp3) is 0.500. The topological polar surface area (TPSA) is 63.9 Å². The van der Waals surface area contributed by atoms with Crippen LogP contribution in [0.2, 0.25) is 0 Å². The Morgan fingerprint density at radius 2 is 2.18 bits per heavy atom. The second-order valence-electron chi connectivity index (χ2n) is 7.15. The molecule has 1 fully saturated rings. The zero-order valence-electron chi connectivity index (χ0n) is 16.4. The Kier molecular flexibility index (Phi) is 7.03. The van der Waals surface area contributed by atoms with Gasteiger partial charge < -0.3 is 24.3 Å². The summed E-state index contributed by atoms with van der Waals surface area (Å²) < 4.78 is 13.1. The van der Waals surface area contributed by atoms with Crippen LogP contribution in [0.1, 0.15) is 31.9 Å². The number of guanidine groups is 1. The second-order valence-corrected chi connectivity index (χ2v) is 7.15. The summed E-state index contributed by atoms with van der Waals surface area (Å²) in [6.45, 7) is 8.13. The van der Waals surface area contributed by atoms with E-state index < -0.39 is 0 Å². The Labute approximate surface area is 183 Å². The van der Waals surface area contributed by atoms with Gasteiger partial charge in [0.15, 0.2) is 17.5 Å². The maximum Gasteiger partial charge on any atom is 0.231 e. The number of nitrogens with one attached hydrogen (secondary N) is 1. The average Bonchev–Trinajstić information content (AvgIpc) is 3.37. The van der Waals surface area contributed by atoms with Gasteiger partial charge in [0, 0.05) is 32.0 Å². The number of fused-ring (bicyclic) bond motifs is 1. The molecule has 0 saturated carbocycles. The number of nitrogens with zero attached hydrogens (tertiary/aromatic N) is 4. The van der Waals surface area contributed by atoms with Crippen molar-refractivity contribution in [3.63, 3.8) is 0 Å². The van der Waals surface area contributed by atoms with Crippen LogP contribution in [0.4, 0.5) is 0 Å². The van der Waals surface area contributed by atoms with Crippen LogP contribution in [0.25, 0.3) is 0 Å². The number of aromatic nitrogens is 2. The highest BCUT2D eigenvalue weighted by molar-refractivity contribution is 14.0. The van der Waals surface area contributed by atoms with Crippen molar-refractivity contribution in [2.75, 3.05) is 26.4 Å². The van der Waals surface area contributed by atoms with Crippen LogP contribution in [0, 0.1) is 5.92 Å². The van der Waals surface area contributed by atoms with E-state index in [0.29, 0.717) is 25.3 Å². The largest absolute Gasteiger partial charge is 0.454 e. The second kappa shape index (κ2) is 9.49. The van der Waals surface area contributed by atoms with Gasteiger partial charge in [0.1, 0.15) is 0 Å². The molecular formula is C20H28IN5O2. The van der Waals surface area contributed by atoms with Crippen molar-refractivity contribution in [1.82, 2.24) is 19.8 Å². The molecule has 0 aliphatic carbocycles. The van der Waals surface area contributed by atoms with Gasteiger partial charge in [-0.2, -0.15) is 0 Å². The maximum absolute atomic E-state index is 5.47. The van der Waals surface area contributed by atoms with Crippen molar-refractivity contribution in [2.45, 2.75) is 32.9 Å². The molecule has 7 nitrogen and oxygen atoms in total. The molecule has 28 heavy (non-hydrogen) atoms. The molecule has 2 atom stereocenters. The highest BCUT2D eigenvalue weighted by Crippen LogP contribution is 2.32. The summed E-state index contributed by atoms with van der Waals surface area (Å²) in [4.78, 5) is 11.5. The number of halogens is 1. The van der Waals surface area contributed by atoms with Crippen molar-refractivity contribution in [3.8, 4) is 11.5 Å². The van der Waals surface area contributed by atoms with Gasteiger partial charge in [-0.25, -0.2) is 9.98 Å². The van der Waals surface area contributed by atoms with E-state index in [9.17, 15) is 0 Å². The van der Waals surface area contributed by atoms with E-state index >= 15 is 0 Å². The molecule has 1 saturated heterocycles. The van der Waals surface area contributed by atoms with Gasteiger partial charge in [-0.3, -0.25) is 0 Å². The van der Waals surface area contributed by atoms with Gasteiger partial charge in [-0.15, -0.1) is 24.0 Å². The highest BCUT2D eigenvalue weighted by atomic mass is 127. The van der Waals surface area contributed by atoms with Crippen LogP contribution in [0.3, 0.4) is 0 Å². The normalized spacial score (nSPS) is 21.4. The Morgan fingerprint density at radius 3 is 2.96 bits per heavy atom. The number of imidazole rings is 1. The molecule has 4 rings (SSSR count). The zero-order chi connectivity index (χ0) is 18.6. The number of likely N-dealkylation sites (tertiary alicyclic amines) is 1. The first-order valence-electron chi connectivity index (χ1n) is 9.64. The number of hydrogen-bond acceptors (Lipinski definition) is 4. The van der Waals surface area contributed by atoms with E-state index in [2.05, 4.69) is 39.8 Å². The van der Waals surface area contributed by atoms with E-state index in [4.69, 9.17) is 14.5 Å². The minimum atomic E-state index is 0. The van der Waals surface area contributed by atoms with Crippen LogP contribution in [-0.2, 0) is 6.54 Å². The van der Waals surface area contributed by atoms with Gasteiger partial charge in [0.05, 0.1) is 18.9 Å². The fourth-order valence-corrected chi connectivity index (χ4v) is 3.73. The van der Waals surface area contributed by atoms with E-state index in [-0.39, 0.29) is 24.0 Å². The Bertz CT molecular complexity index is 796. The number of piperidine rings is 1. The Morgan fingerprint density at radius 1 is 1.32 bits per heavy atom. The van der Waals surface area contributed by atoms with E-state index in [1.165, 1.54) is 0 Å². The number of benzene rings is 1. The maximum atomic E-state index is 5.47. The molecule has 1 aromatic heterocycles. The van der Waals surface area contributed by atoms with Crippen molar-refractivity contribution < 1.29 is 9.47 Å². The van der Waals surface area contributed by atoms with E-state index in [1.807, 2.05) is 30.7 Å².